The van der Waals surface area contributed by atoms with E-state index in [0.29, 0.717) is 17.4 Å². The van der Waals surface area contributed by atoms with Crippen molar-refractivity contribution in [3.8, 4) is 0 Å². The number of hydrogen-bond donors (Lipinski definition) is 1. The van der Waals surface area contributed by atoms with Crippen LogP contribution in [0.4, 0.5) is 5.69 Å². The van der Waals surface area contributed by atoms with Crippen LogP contribution in [-0.4, -0.2) is 29.1 Å². The van der Waals surface area contributed by atoms with Crippen LogP contribution in [0.5, 0.6) is 0 Å². The van der Waals surface area contributed by atoms with Gasteiger partial charge >= 0.3 is 0 Å². The molecule has 2 fully saturated rings. The molecule has 1 saturated carbocycles. The fourth-order valence-electron chi connectivity index (χ4n) is 2.95. The van der Waals surface area contributed by atoms with Crippen molar-refractivity contribution in [1.82, 2.24) is 15.3 Å². The number of nitrogens with zero attached hydrogens (tertiary/aromatic N) is 3. The van der Waals surface area contributed by atoms with E-state index in [1.807, 2.05) is 6.20 Å². The smallest absolute Gasteiger partial charge is 0.131 e. The van der Waals surface area contributed by atoms with Crippen molar-refractivity contribution in [2.75, 3.05) is 18.0 Å². The minimum Gasteiger partial charge on any atom is -0.368 e. The van der Waals surface area contributed by atoms with Gasteiger partial charge in [-0.3, -0.25) is 0 Å². The van der Waals surface area contributed by atoms with Gasteiger partial charge < -0.3 is 10.2 Å². The fraction of sp³-hybridized carbons (Fsp3) is 0.765. The highest BCUT2D eigenvalue weighted by Gasteiger charge is 2.31. The van der Waals surface area contributed by atoms with Crippen LogP contribution in [0.25, 0.3) is 0 Å². The molecular weight excluding hydrogens is 260 g/mol. The zero-order chi connectivity index (χ0) is 15.0. The summed E-state index contributed by atoms with van der Waals surface area (Å²) < 4.78 is 0. The molecule has 1 aromatic rings. The largest absolute Gasteiger partial charge is 0.368 e. The van der Waals surface area contributed by atoms with Crippen molar-refractivity contribution >= 4 is 5.69 Å². The van der Waals surface area contributed by atoms with Gasteiger partial charge in [-0.05, 0) is 24.7 Å². The Kier molecular flexibility index (Phi) is 3.91. The maximum Gasteiger partial charge on any atom is 0.131 e. The second kappa shape index (κ2) is 5.56. The molecule has 0 bridgehead atoms. The molecule has 1 N–H and O–H groups in total. The lowest BCUT2D eigenvalue weighted by atomic mass is 9.93. The highest BCUT2D eigenvalue weighted by Crippen LogP contribution is 2.34. The van der Waals surface area contributed by atoms with Crippen LogP contribution in [0.15, 0.2) is 6.20 Å². The average Bonchev–Trinajstić information content (AvgIpc) is 3.19. The third-order valence-electron chi connectivity index (χ3n) is 4.53. The summed E-state index contributed by atoms with van der Waals surface area (Å²) in [4.78, 5) is 11.9. The quantitative estimate of drug-likeness (QED) is 0.904. The van der Waals surface area contributed by atoms with Crippen LogP contribution in [0.1, 0.15) is 64.4 Å². The maximum atomic E-state index is 4.85. The lowest BCUT2D eigenvalue weighted by Crippen LogP contribution is -2.27. The van der Waals surface area contributed by atoms with Crippen LogP contribution < -0.4 is 10.2 Å². The Labute approximate surface area is 128 Å². The fourth-order valence-corrected chi connectivity index (χ4v) is 2.95. The molecule has 0 unspecified atom stereocenters. The lowest BCUT2D eigenvalue weighted by molar-refractivity contribution is 0.418. The topological polar surface area (TPSA) is 41.1 Å². The summed E-state index contributed by atoms with van der Waals surface area (Å²) in [5, 5.41) is 3.61. The second-order valence-corrected chi connectivity index (χ2v) is 7.71. The van der Waals surface area contributed by atoms with Crippen LogP contribution in [0, 0.1) is 5.41 Å². The zero-order valence-corrected chi connectivity index (χ0v) is 13.8. The molecular formula is C17H28N4. The number of anilines is 1. The molecule has 1 aliphatic carbocycles. The summed E-state index contributed by atoms with van der Waals surface area (Å²) in [7, 11) is 0. The SMILES string of the molecule is CC(C)c1ncc(N2CCC(C)(C)C2)c(CNC2CC2)n1. The van der Waals surface area contributed by atoms with Crippen LogP contribution in [0.2, 0.25) is 0 Å². The first-order valence-electron chi connectivity index (χ1n) is 8.29. The van der Waals surface area contributed by atoms with Gasteiger partial charge in [-0.15, -0.1) is 0 Å². The van der Waals surface area contributed by atoms with Gasteiger partial charge in [-0.2, -0.15) is 0 Å². The third kappa shape index (κ3) is 3.54. The number of nitrogens with one attached hydrogen (secondary N) is 1. The van der Waals surface area contributed by atoms with Gasteiger partial charge in [0, 0.05) is 31.6 Å². The average molecular weight is 288 g/mol. The number of hydrogen-bond acceptors (Lipinski definition) is 4. The Morgan fingerprint density at radius 1 is 1.38 bits per heavy atom. The van der Waals surface area contributed by atoms with Crippen molar-refractivity contribution < 1.29 is 0 Å². The standard InChI is InChI=1S/C17H28N4/c1-12(2)16-19-10-15(21-8-7-17(3,4)11-21)14(20-16)9-18-13-5-6-13/h10,12-13,18H,5-9,11H2,1-4H3. The Morgan fingerprint density at radius 3 is 2.71 bits per heavy atom. The first-order valence-corrected chi connectivity index (χ1v) is 8.29. The molecule has 1 saturated heterocycles. The highest BCUT2D eigenvalue weighted by atomic mass is 15.2. The van der Waals surface area contributed by atoms with E-state index < -0.39 is 0 Å². The van der Waals surface area contributed by atoms with Crippen molar-refractivity contribution in [3.63, 3.8) is 0 Å². The predicted octanol–water partition coefficient (Wildman–Crippen LogP) is 3.09. The molecule has 0 atom stereocenters. The molecule has 116 valence electrons. The summed E-state index contributed by atoms with van der Waals surface area (Å²) in [5.41, 5.74) is 2.81. The Hall–Kier alpha value is -1.16. The van der Waals surface area contributed by atoms with Crippen molar-refractivity contribution in [1.29, 1.82) is 0 Å². The normalized spacial score (nSPS) is 21.3. The summed E-state index contributed by atoms with van der Waals surface area (Å²) >= 11 is 0. The Bertz CT molecular complexity index is 506. The zero-order valence-electron chi connectivity index (χ0n) is 13.8. The summed E-state index contributed by atoms with van der Waals surface area (Å²) in [6, 6.07) is 0.713. The van der Waals surface area contributed by atoms with Crippen LogP contribution in [-0.2, 0) is 6.54 Å². The van der Waals surface area contributed by atoms with E-state index >= 15 is 0 Å². The number of aromatic nitrogens is 2. The first-order chi connectivity index (χ1) is 9.94. The Balaban J connectivity index is 1.83. The van der Waals surface area contributed by atoms with Crippen molar-refractivity contribution in [3.05, 3.63) is 17.7 Å². The summed E-state index contributed by atoms with van der Waals surface area (Å²) in [5.74, 6) is 1.35. The summed E-state index contributed by atoms with van der Waals surface area (Å²) in [6.45, 7) is 12.1. The van der Waals surface area contributed by atoms with Crippen molar-refractivity contribution in [2.45, 2.75) is 65.5 Å². The van der Waals surface area contributed by atoms with Gasteiger partial charge in [0.05, 0.1) is 17.6 Å². The molecule has 0 spiro atoms. The molecule has 0 aromatic carbocycles. The minimum absolute atomic E-state index is 0.383. The van der Waals surface area contributed by atoms with Crippen LogP contribution >= 0.6 is 0 Å². The third-order valence-corrected chi connectivity index (χ3v) is 4.53. The molecule has 0 amide bonds. The first kappa shape index (κ1) is 14.8. The maximum absolute atomic E-state index is 4.85. The molecule has 3 rings (SSSR count). The lowest BCUT2D eigenvalue weighted by Gasteiger charge is -2.24. The minimum atomic E-state index is 0.383. The van der Waals surface area contributed by atoms with E-state index in [1.54, 1.807) is 0 Å². The van der Waals surface area contributed by atoms with E-state index in [4.69, 9.17) is 4.98 Å². The van der Waals surface area contributed by atoms with E-state index in [0.717, 1.165) is 25.5 Å². The van der Waals surface area contributed by atoms with E-state index in [-0.39, 0.29) is 0 Å². The molecule has 0 radical (unpaired) electrons. The van der Waals surface area contributed by atoms with Gasteiger partial charge in [0.2, 0.25) is 0 Å². The molecule has 2 aliphatic rings. The Morgan fingerprint density at radius 2 is 2.14 bits per heavy atom. The van der Waals surface area contributed by atoms with E-state index in [2.05, 4.69) is 42.9 Å². The second-order valence-electron chi connectivity index (χ2n) is 7.71. The molecule has 21 heavy (non-hydrogen) atoms. The molecule has 1 aromatic heterocycles. The van der Waals surface area contributed by atoms with E-state index in [9.17, 15) is 0 Å². The molecule has 4 heteroatoms. The number of rotatable bonds is 5. The molecule has 2 heterocycles. The van der Waals surface area contributed by atoms with Gasteiger partial charge in [0.25, 0.3) is 0 Å². The highest BCUT2D eigenvalue weighted by molar-refractivity contribution is 5.50. The molecule has 4 nitrogen and oxygen atoms in total. The predicted molar refractivity (Wildman–Crippen MR) is 86.6 cm³/mol. The van der Waals surface area contributed by atoms with Gasteiger partial charge in [-0.25, -0.2) is 9.97 Å². The van der Waals surface area contributed by atoms with Gasteiger partial charge in [0.15, 0.2) is 0 Å². The molecule has 1 aliphatic heterocycles. The van der Waals surface area contributed by atoms with Crippen LogP contribution in [0.3, 0.4) is 0 Å². The van der Waals surface area contributed by atoms with Gasteiger partial charge in [0.1, 0.15) is 5.82 Å². The monoisotopic (exact) mass is 288 g/mol. The van der Waals surface area contributed by atoms with E-state index in [1.165, 1.54) is 30.6 Å². The van der Waals surface area contributed by atoms with Gasteiger partial charge in [-0.1, -0.05) is 27.7 Å². The van der Waals surface area contributed by atoms with Crippen molar-refractivity contribution in [2.24, 2.45) is 5.41 Å². The summed E-state index contributed by atoms with van der Waals surface area (Å²) in [6.07, 6.45) is 5.92.